The van der Waals surface area contributed by atoms with E-state index in [1.54, 1.807) is 0 Å². The number of carboxylic acids is 2. The Morgan fingerprint density at radius 2 is 1.92 bits per heavy atom. The Bertz CT molecular complexity index is 2170. The summed E-state index contributed by atoms with van der Waals surface area (Å²) in [5, 5.41) is 47.8. The molecule has 5 atom stereocenters. The predicted molar refractivity (Wildman–Crippen MR) is 181 cm³/mol. The standard InChI is InChI=1S/C15H13ClN8O5S3.C10H12N4O5S/c16-9-6(20-13(17)31-9)7(23-29)10(25)19-5-3-1-2-4(30-15-22-21-14(18)32-15)8(12(27)28)24(3)11(5)26;1-10(5-13-3-2-11-12-13)8(9(16)17)14-6(15)4-7(14)20(10,18)19/h3,5,29H,1-2H2,(H2,17,20)(H2,18,21)(H,19,25)(H,27,28);2-3,7-8H,4-5H2,1H3,(H,16,17)/b23-7+;/t3-,5+;7-,8+,10+/m11/s1. The summed E-state index contributed by atoms with van der Waals surface area (Å²) in [5.74, 6) is -4.57. The molecule has 3 saturated heterocycles. The molecule has 52 heavy (non-hydrogen) atoms. The van der Waals surface area contributed by atoms with E-state index < -0.39 is 73.5 Å². The van der Waals surface area contributed by atoms with Gasteiger partial charge in [-0.25, -0.2) is 23.0 Å². The van der Waals surface area contributed by atoms with Crippen molar-refractivity contribution in [3.05, 3.63) is 33.0 Å². The number of halogens is 1. The van der Waals surface area contributed by atoms with Crippen LogP contribution in [0.1, 0.15) is 31.9 Å². The number of aliphatic carboxylic acids is 2. The summed E-state index contributed by atoms with van der Waals surface area (Å²) in [5.41, 5.74) is 10.3. The molecule has 27 heteroatoms. The third-order valence-corrected chi connectivity index (χ3v) is 14.4. The molecule has 3 aromatic heterocycles. The Morgan fingerprint density at radius 1 is 1.19 bits per heavy atom. The summed E-state index contributed by atoms with van der Waals surface area (Å²) in [7, 11) is -3.80. The molecule has 0 bridgehead atoms. The molecule has 0 aromatic carbocycles. The number of nitrogens with two attached hydrogens (primary N) is 2. The van der Waals surface area contributed by atoms with Gasteiger partial charge in [-0.3, -0.25) is 24.0 Å². The fourth-order valence-corrected chi connectivity index (χ4v) is 11.4. The van der Waals surface area contributed by atoms with Crippen molar-refractivity contribution >= 4 is 102 Å². The van der Waals surface area contributed by atoms with E-state index in [1.165, 1.54) is 24.0 Å². The fourth-order valence-electron chi connectivity index (χ4n) is 6.29. The number of anilines is 2. The van der Waals surface area contributed by atoms with Crippen LogP contribution >= 0.6 is 46.0 Å². The summed E-state index contributed by atoms with van der Waals surface area (Å²) < 4.78 is 25.2. The van der Waals surface area contributed by atoms with Gasteiger partial charge in [-0.1, -0.05) is 56.4 Å². The largest absolute Gasteiger partial charge is 0.480 e. The number of allylic oxidation sites excluding steroid dienone is 1. The second kappa shape index (κ2) is 13.6. The molecule has 276 valence electrons. The maximum atomic E-state index is 12.8. The Morgan fingerprint density at radius 3 is 2.46 bits per heavy atom. The number of thiazole rings is 1. The number of fused-ring (bicyclic) bond motifs is 2. The molecule has 0 aliphatic carbocycles. The maximum absolute atomic E-state index is 12.8. The third-order valence-electron chi connectivity index (χ3n) is 8.65. The van der Waals surface area contributed by atoms with Gasteiger partial charge in [0.2, 0.25) is 11.0 Å². The highest BCUT2D eigenvalue weighted by atomic mass is 35.5. The number of carboxylic acid groups (broad SMARTS) is 2. The van der Waals surface area contributed by atoms with Crippen LogP contribution in [0.2, 0.25) is 4.34 Å². The zero-order chi connectivity index (χ0) is 37.9. The Hall–Kier alpha value is -4.92. The van der Waals surface area contributed by atoms with E-state index in [9.17, 15) is 47.8 Å². The summed E-state index contributed by atoms with van der Waals surface area (Å²) in [4.78, 5) is 66.7. The van der Waals surface area contributed by atoms with Crippen molar-refractivity contribution in [3.63, 3.8) is 0 Å². The second-order valence-electron chi connectivity index (χ2n) is 11.6. The Labute approximate surface area is 308 Å². The van der Waals surface area contributed by atoms with Crippen molar-refractivity contribution < 1.29 is 47.8 Å². The molecule has 4 aliphatic heterocycles. The molecule has 3 aromatic rings. The molecule has 7 heterocycles. The van der Waals surface area contributed by atoms with Crippen molar-refractivity contribution in [1.29, 1.82) is 0 Å². The molecule has 8 N–H and O–H groups in total. The number of carbonyl (C=O) groups excluding carboxylic acids is 3. The van der Waals surface area contributed by atoms with E-state index in [2.05, 4.69) is 36.0 Å². The normalized spacial score (nSPS) is 26.1. The number of hydrogen-bond donors (Lipinski definition) is 6. The monoisotopic (exact) mass is 816 g/mol. The van der Waals surface area contributed by atoms with Crippen LogP contribution in [0.15, 0.2) is 32.5 Å². The lowest BCUT2D eigenvalue weighted by molar-refractivity contribution is -0.157. The lowest BCUT2D eigenvalue weighted by Crippen LogP contribution is -2.72. The van der Waals surface area contributed by atoms with Gasteiger partial charge in [0.25, 0.3) is 11.8 Å². The average Bonchev–Trinajstić information content (AvgIpc) is 3.84. The van der Waals surface area contributed by atoms with Gasteiger partial charge in [0.1, 0.15) is 31.9 Å². The number of sulfone groups is 1. The smallest absolute Gasteiger partial charge is 0.353 e. The third kappa shape index (κ3) is 6.07. The van der Waals surface area contributed by atoms with Crippen LogP contribution in [0.3, 0.4) is 0 Å². The average molecular weight is 817 g/mol. The maximum Gasteiger partial charge on any atom is 0.353 e. The minimum Gasteiger partial charge on any atom is -0.480 e. The van der Waals surface area contributed by atoms with Gasteiger partial charge in [0.05, 0.1) is 25.2 Å². The molecule has 3 fully saturated rings. The number of hydrogen-bond acceptors (Lipinski definition) is 19. The number of oxime groups is 1. The molecule has 0 unspecified atom stereocenters. The van der Waals surface area contributed by atoms with Gasteiger partial charge < -0.3 is 37.1 Å². The predicted octanol–water partition coefficient (Wildman–Crippen LogP) is -0.955. The molecular weight excluding hydrogens is 792 g/mol. The van der Waals surface area contributed by atoms with Crippen LogP contribution < -0.4 is 16.8 Å². The summed E-state index contributed by atoms with van der Waals surface area (Å²) in [6.07, 6.45) is 3.40. The second-order valence-corrected chi connectivity index (χ2v) is 18.2. The topological polar surface area (TPSA) is 332 Å². The van der Waals surface area contributed by atoms with E-state index in [0.29, 0.717) is 22.1 Å². The SMILES string of the molecule is C[C@]1(Cn2ccnn2)[C@H](C(=O)O)N2C(=O)C[C@H]2S1(=O)=O.Nc1nnc(SC2=C(C(=O)O)N3C(=O)[C@@H](NC(=O)/C(=N/O)c4nc(N)sc4Cl)[C@H]3CC2)s1. The van der Waals surface area contributed by atoms with Crippen LogP contribution in [0.4, 0.5) is 10.3 Å². The number of amides is 3. The van der Waals surface area contributed by atoms with E-state index >= 15 is 0 Å². The molecule has 0 spiro atoms. The molecule has 22 nitrogen and oxygen atoms in total. The number of rotatable bonds is 9. The minimum absolute atomic E-state index is 0.0414. The van der Waals surface area contributed by atoms with Crippen LogP contribution in [-0.2, 0) is 40.4 Å². The van der Waals surface area contributed by atoms with Crippen molar-refractivity contribution in [2.75, 3.05) is 11.5 Å². The highest BCUT2D eigenvalue weighted by molar-refractivity contribution is 8.04. The van der Waals surface area contributed by atoms with E-state index in [1.807, 2.05) is 0 Å². The molecular formula is C25H25ClN12O10S4. The van der Waals surface area contributed by atoms with Crippen molar-refractivity contribution in [3.8, 4) is 0 Å². The van der Waals surface area contributed by atoms with Gasteiger partial charge >= 0.3 is 11.9 Å². The minimum atomic E-state index is -3.80. The highest BCUT2D eigenvalue weighted by Crippen LogP contribution is 2.47. The molecule has 0 radical (unpaired) electrons. The number of nitrogen functional groups attached to an aromatic ring is 2. The van der Waals surface area contributed by atoms with Crippen molar-refractivity contribution in [1.82, 2.24) is 45.3 Å². The summed E-state index contributed by atoms with van der Waals surface area (Å²) in [6, 6.07) is -2.99. The van der Waals surface area contributed by atoms with Gasteiger partial charge in [-0.05, 0) is 19.8 Å². The first kappa shape index (κ1) is 36.9. The Kier molecular flexibility index (Phi) is 9.62. The number of nitrogens with one attached hydrogen (secondary N) is 1. The summed E-state index contributed by atoms with van der Waals surface area (Å²) in [6.45, 7) is 1.18. The number of β-lactam (4-membered cyclic amide) rings is 2. The van der Waals surface area contributed by atoms with Crippen LogP contribution in [0, 0.1) is 0 Å². The van der Waals surface area contributed by atoms with Gasteiger partial charge in [-0.15, -0.1) is 15.3 Å². The van der Waals surface area contributed by atoms with E-state index in [4.69, 9.17) is 23.1 Å². The zero-order valence-corrected chi connectivity index (χ0v) is 30.2. The molecule has 3 amide bonds. The fraction of sp³-hybridized carbons (Fsp3) is 0.400. The highest BCUT2D eigenvalue weighted by Gasteiger charge is 2.70. The van der Waals surface area contributed by atoms with E-state index in [-0.39, 0.29) is 39.0 Å². The number of carbonyl (C=O) groups is 5. The van der Waals surface area contributed by atoms with Crippen molar-refractivity contribution in [2.45, 2.75) is 65.3 Å². The van der Waals surface area contributed by atoms with Crippen molar-refractivity contribution in [2.24, 2.45) is 5.16 Å². The first-order valence-electron chi connectivity index (χ1n) is 14.6. The summed E-state index contributed by atoms with van der Waals surface area (Å²) >= 11 is 9.04. The first-order valence-corrected chi connectivity index (χ1v) is 19.0. The molecule has 0 saturated carbocycles. The van der Waals surface area contributed by atoms with Gasteiger partial charge in [0, 0.05) is 11.1 Å². The lowest BCUT2D eigenvalue weighted by atomic mass is 9.86. The van der Waals surface area contributed by atoms with Gasteiger partial charge in [-0.2, -0.15) is 0 Å². The van der Waals surface area contributed by atoms with Crippen LogP contribution in [-0.4, -0.2) is 127 Å². The van der Waals surface area contributed by atoms with Gasteiger partial charge in [0.15, 0.2) is 31.1 Å². The van der Waals surface area contributed by atoms with E-state index in [0.717, 1.165) is 44.2 Å². The molecule has 7 rings (SSSR count). The zero-order valence-electron chi connectivity index (χ0n) is 26.2. The number of aromatic nitrogens is 6. The van der Waals surface area contributed by atoms with Crippen LogP contribution in [0.25, 0.3) is 0 Å². The van der Waals surface area contributed by atoms with Crippen LogP contribution in [0.5, 0.6) is 0 Å². The number of thioether (sulfide) groups is 1. The quantitative estimate of drug-likeness (QED) is 0.0656. The Balaban J connectivity index is 0.000000198. The number of nitrogens with zero attached hydrogens (tertiary/aromatic N) is 9. The molecule has 4 aliphatic rings. The first-order chi connectivity index (χ1) is 24.5. The lowest BCUT2D eigenvalue weighted by Gasteiger charge is -2.49.